The number of piperazine rings is 1. The number of aromatic amines is 1. The molecule has 0 radical (unpaired) electrons. The molecule has 15 heteroatoms. The number of aromatic nitrogens is 2. The lowest BCUT2D eigenvalue weighted by atomic mass is 9.99. The highest BCUT2D eigenvalue weighted by atomic mass is 35.5. The number of imide groups is 2. The summed E-state index contributed by atoms with van der Waals surface area (Å²) in [4.78, 5) is 78.0. The smallest absolute Gasteiger partial charge is 0.266 e. The molecule has 3 aliphatic rings. The third-order valence-electron chi connectivity index (χ3n) is 12.1. The first-order valence-electron chi connectivity index (χ1n) is 21.2. The number of hydrogen-bond donors (Lipinski definition) is 3. The predicted octanol–water partition coefficient (Wildman–Crippen LogP) is 6.50. The van der Waals surface area contributed by atoms with Crippen molar-refractivity contribution in [1.29, 1.82) is 0 Å². The van der Waals surface area contributed by atoms with Crippen molar-refractivity contribution >= 4 is 68.6 Å². The van der Waals surface area contributed by atoms with Gasteiger partial charge in [0, 0.05) is 83.5 Å². The molecule has 5 aromatic rings. The highest BCUT2D eigenvalue weighted by molar-refractivity contribution is 6.31. The monoisotopic (exact) mass is 861 g/mol. The number of halogens is 1. The molecule has 5 heterocycles. The molecule has 3 N–H and O–H groups in total. The number of benzene rings is 3. The fourth-order valence-electron chi connectivity index (χ4n) is 8.69. The standard InChI is InChI=1S/C47H52ClN7O7/c1-46(2,52-41(57)28-61-39-12-7-10-32-42(39)45(60)55(44(32)59)37-15-16-40(56)51-43(37)58)18-24-62-47(3,4)17-8-19-53-20-22-54(23-21-53)38-26-36(50-35-25-29(48)13-14-31(35)38)33-27-49-34-11-6-5-9-30(33)34/h5-7,9-14,25-27,37,49H,8,15-24,28H2,1-4H3,(H,52,57)(H,51,56,58). The summed E-state index contributed by atoms with van der Waals surface area (Å²) in [6.07, 6.45) is 4.50. The summed E-state index contributed by atoms with van der Waals surface area (Å²) in [5, 5.41) is 8.07. The average Bonchev–Trinajstić information content (AvgIpc) is 3.77. The van der Waals surface area contributed by atoms with E-state index in [4.69, 9.17) is 26.1 Å². The third kappa shape index (κ3) is 9.18. The fraction of sp³-hybridized carbons (Fsp3) is 0.404. The van der Waals surface area contributed by atoms with Crippen LogP contribution in [0.2, 0.25) is 5.02 Å². The van der Waals surface area contributed by atoms with Gasteiger partial charge in [-0.3, -0.25) is 39.1 Å². The van der Waals surface area contributed by atoms with Gasteiger partial charge < -0.3 is 24.7 Å². The summed E-state index contributed by atoms with van der Waals surface area (Å²) < 4.78 is 12.1. The minimum Gasteiger partial charge on any atom is -0.483 e. The first kappa shape index (κ1) is 42.8. The second-order valence-corrected chi connectivity index (χ2v) is 18.0. The van der Waals surface area contributed by atoms with E-state index in [2.05, 4.69) is 63.5 Å². The lowest BCUT2D eigenvalue weighted by Crippen LogP contribution is -2.54. The number of ether oxygens (including phenoxy) is 2. The van der Waals surface area contributed by atoms with Crippen LogP contribution < -0.4 is 20.3 Å². The molecular weight excluding hydrogens is 810 g/mol. The van der Waals surface area contributed by atoms with Gasteiger partial charge in [-0.2, -0.15) is 0 Å². The van der Waals surface area contributed by atoms with E-state index in [9.17, 15) is 24.0 Å². The maximum absolute atomic E-state index is 13.4. The fourth-order valence-corrected chi connectivity index (χ4v) is 8.85. The SMILES string of the molecule is CC(C)(CCOC(C)(C)CCCN1CCN(c2cc(-c3c[nH]c4ccccc34)nc3cc(Cl)ccc23)CC1)NC(=O)COc1cccc2c1C(=O)N(C1CCC(=O)NC1=O)C2=O. The number of H-pyrrole nitrogens is 1. The van der Waals surface area contributed by atoms with Crippen molar-refractivity contribution in [3.63, 3.8) is 0 Å². The molecule has 2 saturated heterocycles. The number of nitrogens with one attached hydrogen (secondary N) is 3. The molecule has 3 aliphatic heterocycles. The molecule has 324 valence electrons. The van der Waals surface area contributed by atoms with Crippen molar-refractivity contribution in [2.45, 2.75) is 77.0 Å². The normalized spacial score (nSPS) is 17.5. The van der Waals surface area contributed by atoms with E-state index in [1.165, 1.54) is 17.8 Å². The highest BCUT2D eigenvalue weighted by Crippen LogP contribution is 2.36. The number of para-hydroxylation sites is 1. The van der Waals surface area contributed by atoms with E-state index < -0.39 is 41.1 Å². The summed E-state index contributed by atoms with van der Waals surface area (Å²) in [7, 11) is 0. The van der Waals surface area contributed by atoms with Crippen LogP contribution in [-0.4, -0.2) is 112 Å². The molecule has 2 aromatic heterocycles. The molecule has 0 spiro atoms. The number of amides is 5. The number of nitrogens with zero attached hydrogens (tertiary/aromatic N) is 4. The van der Waals surface area contributed by atoms with E-state index >= 15 is 0 Å². The third-order valence-corrected chi connectivity index (χ3v) is 12.3. The van der Waals surface area contributed by atoms with Gasteiger partial charge in [-0.05, 0) is 102 Å². The molecule has 62 heavy (non-hydrogen) atoms. The van der Waals surface area contributed by atoms with E-state index in [0.29, 0.717) is 18.1 Å². The van der Waals surface area contributed by atoms with Crippen molar-refractivity contribution in [1.82, 2.24) is 30.4 Å². The number of carbonyl (C=O) groups is 5. The molecule has 1 unspecified atom stereocenters. The van der Waals surface area contributed by atoms with E-state index in [-0.39, 0.29) is 41.9 Å². The van der Waals surface area contributed by atoms with Gasteiger partial charge >= 0.3 is 0 Å². The second kappa shape index (κ2) is 17.5. The maximum Gasteiger partial charge on any atom is 0.266 e. The number of anilines is 1. The Morgan fingerprint density at radius 1 is 0.903 bits per heavy atom. The van der Waals surface area contributed by atoms with Crippen LogP contribution in [0.25, 0.3) is 33.1 Å². The van der Waals surface area contributed by atoms with E-state index in [1.54, 1.807) is 6.07 Å². The van der Waals surface area contributed by atoms with Crippen molar-refractivity contribution in [2.24, 2.45) is 0 Å². The number of pyridine rings is 1. The van der Waals surface area contributed by atoms with Crippen LogP contribution in [0.4, 0.5) is 5.69 Å². The van der Waals surface area contributed by atoms with Gasteiger partial charge in [-0.1, -0.05) is 35.9 Å². The topological polar surface area (TPSA) is 166 Å². The average molecular weight is 862 g/mol. The van der Waals surface area contributed by atoms with Crippen molar-refractivity contribution < 1.29 is 33.4 Å². The van der Waals surface area contributed by atoms with E-state index in [0.717, 1.165) is 83.5 Å². The Morgan fingerprint density at radius 2 is 1.69 bits per heavy atom. The predicted molar refractivity (Wildman–Crippen MR) is 237 cm³/mol. The van der Waals surface area contributed by atoms with Crippen LogP contribution in [0.1, 0.15) is 80.5 Å². The summed E-state index contributed by atoms with van der Waals surface area (Å²) in [5.74, 6) is -2.82. The van der Waals surface area contributed by atoms with Gasteiger partial charge in [0.2, 0.25) is 11.8 Å². The lowest BCUT2D eigenvalue weighted by Gasteiger charge is -2.37. The van der Waals surface area contributed by atoms with Crippen molar-refractivity contribution in [3.8, 4) is 17.0 Å². The molecular formula is C47H52ClN7O7. The first-order valence-corrected chi connectivity index (χ1v) is 21.6. The van der Waals surface area contributed by atoms with Gasteiger partial charge in [0.25, 0.3) is 17.7 Å². The summed E-state index contributed by atoms with van der Waals surface area (Å²) in [6, 6.07) is 19.9. The lowest BCUT2D eigenvalue weighted by molar-refractivity contribution is -0.136. The summed E-state index contributed by atoms with van der Waals surface area (Å²) >= 11 is 6.44. The zero-order valence-electron chi connectivity index (χ0n) is 35.5. The summed E-state index contributed by atoms with van der Waals surface area (Å²) in [5.41, 5.74) is 4.21. The van der Waals surface area contributed by atoms with Gasteiger partial charge in [0.15, 0.2) is 6.61 Å². The van der Waals surface area contributed by atoms with Gasteiger partial charge in [-0.15, -0.1) is 0 Å². The number of rotatable bonds is 15. The molecule has 8 rings (SSSR count). The zero-order valence-corrected chi connectivity index (χ0v) is 36.3. The second-order valence-electron chi connectivity index (χ2n) is 17.6. The highest BCUT2D eigenvalue weighted by Gasteiger charge is 2.46. The number of fused-ring (bicyclic) bond motifs is 3. The summed E-state index contributed by atoms with van der Waals surface area (Å²) in [6.45, 7) is 12.7. The Kier molecular flexibility index (Phi) is 12.1. The van der Waals surface area contributed by atoms with Crippen molar-refractivity contribution in [3.05, 3.63) is 89.1 Å². The van der Waals surface area contributed by atoms with Crippen LogP contribution in [0.15, 0.2) is 72.9 Å². The Morgan fingerprint density at radius 3 is 2.48 bits per heavy atom. The number of piperidine rings is 1. The molecule has 0 bridgehead atoms. The van der Waals surface area contributed by atoms with Crippen LogP contribution in [0, 0.1) is 0 Å². The quantitative estimate of drug-likeness (QED) is 0.0990. The molecule has 14 nitrogen and oxygen atoms in total. The Bertz CT molecular complexity index is 2560. The Labute approximate surface area is 365 Å². The molecule has 5 amide bonds. The Hall–Kier alpha value is -5.83. The molecule has 2 fully saturated rings. The molecule has 0 saturated carbocycles. The van der Waals surface area contributed by atoms with Crippen LogP contribution in [0.3, 0.4) is 0 Å². The zero-order chi connectivity index (χ0) is 43.8. The van der Waals surface area contributed by atoms with Gasteiger partial charge in [-0.25, -0.2) is 4.98 Å². The van der Waals surface area contributed by atoms with Crippen LogP contribution in [0.5, 0.6) is 5.75 Å². The van der Waals surface area contributed by atoms with Gasteiger partial charge in [0.05, 0.1) is 27.9 Å². The number of hydrogen-bond acceptors (Lipinski definition) is 10. The van der Waals surface area contributed by atoms with Crippen LogP contribution in [-0.2, 0) is 19.1 Å². The molecule has 0 aliphatic carbocycles. The molecule has 1 atom stereocenters. The molecule has 3 aromatic carbocycles. The Balaban J connectivity index is 0.782. The van der Waals surface area contributed by atoms with Crippen molar-refractivity contribution in [2.75, 3.05) is 50.8 Å². The van der Waals surface area contributed by atoms with E-state index in [1.807, 2.05) is 44.3 Å². The number of carbonyl (C=O) groups excluding carboxylic acids is 5. The largest absolute Gasteiger partial charge is 0.483 e. The minimum absolute atomic E-state index is 0.00630. The van der Waals surface area contributed by atoms with Crippen LogP contribution >= 0.6 is 11.6 Å². The first-order chi connectivity index (χ1) is 29.7. The minimum atomic E-state index is -1.10. The van der Waals surface area contributed by atoms with Gasteiger partial charge in [0.1, 0.15) is 11.8 Å². The maximum atomic E-state index is 13.4.